The minimum atomic E-state index is -0.00674. The first kappa shape index (κ1) is 20.8. The van der Waals surface area contributed by atoms with Crippen LogP contribution in [0.3, 0.4) is 0 Å². The van der Waals surface area contributed by atoms with Crippen molar-refractivity contribution in [1.82, 2.24) is 0 Å². The van der Waals surface area contributed by atoms with Gasteiger partial charge in [0.2, 0.25) is 0 Å². The van der Waals surface area contributed by atoms with Gasteiger partial charge in [-0.1, -0.05) is 59.7 Å². The summed E-state index contributed by atoms with van der Waals surface area (Å²) in [6.07, 6.45) is 0. The fourth-order valence-electron chi connectivity index (χ4n) is 4.14. The summed E-state index contributed by atoms with van der Waals surface area (Å²) in [6, 6.07) is 17.8. The van der Waals surface area contributed by atoms with Gasteiger partial charge in [-0.3, -0.25) is 0 Å². The molecule has 1 heterocycles. The summed E-state index contributed by atoms with van der Waals surface area (Å²) >= 11 is 0. The van der Waals surface area contributed by atoms with Crippen LogP contribution >= 0.6 is 0 Å². The van der Waals surface area contributed by atoms with Crippen molar-refractivity contribution < 1.29 is 33.3 Å². The van der Waals surface area contributed by atoms with E-state index in [1.807, 2.05) is 0 Å². The van der Waals surface area contributed by atoms with Crippen molar-refractivity contribution >= 4 is 16.7 Å². The van der Waals surface area contributed by atoms with E-state index in [1.165, 1.54) is 44.2 Å². The van der Waals surface area contributed by atoms with Gasteiger partial charge in [-0.2, -0.15) is 4.58 Å². The van der Waals surface area contributed by atoms with Gasteiger partial charge in [-0.15, -0.1) is 0 Å². The predicted octanol–water partition coefficient (Wildman–Crippen LogP) is 2.63. The van der Waals surface area contributed by atoms with Crippen molar-refractivity contribution in [2.75, 3.05) is 13.7 Å². The van der Waals surface area contributed by atoms with Gasteiger partial charge in [0.1, 0.15) is 7.05 Å². The van der Waals surface area contributed by atoms with E-state index in [1.54, 1.807) is 0 Å². The molecule has 3 heteroatoms. The van der Waals surface area contributed by atoms with Gasteiger partial charge in [0.05, 0.1) is 5.56 Å². The molecule has 0 aliphatic carbocycles. The minimum Gasteiger partial charge on any atom is -1.00 e. The summed E-state index contributed by atoms with van der Waals surface area (Å²) in [7, 11) is 2.14. The molecular formula is C25H28INO. The summed E-state index contributed by atoms with van der Waals surface area (Å²) in [5.41, 5.74) is 7.57. The van der Waals surface area contributed by atoms with Gasteiger partial charge in [0.15, 0.2) is 12.1 Å². The second-order valence-corrected chi connectivity index (χ2v) is 8.51. The molecule has 0 aromatic heterocycles. The Kier molecular flexibility index (Phi) is 5.59. The van der Waals surface area contributed by atoms with Crippen molar-refractivity contribution in [2.24, 2.45) is 0 Å². The number of hydrogen-bond acceptors (Lipinski definition) is 1. The Bertz CT molecular complexity index is 1070. The highest BCUT2D eigenvalue weighted by Gasteiger charge is 2.41. The second-order valence-electron chi connectivity index (χ2n) is 8.51. The summed E-state index contributed by atoms with van der Waals surface area (Å²) in [6.45, 7) is 11.7. The highest BCUT2D eigenvalue weighted by molar-refractivity contribution is 6.10. The lowest BCUT2D eigenvalue weighted by Gasteiger charge is -2.16. The Labute approximate surface area is 185 Å². The number of aryl methyl sites for hydroxylation is 3. The molecule has 0 atom stereocenters. The molecule has 0 saturated carbocycles. The topological polar surface area (TPSA) is 12.2 Å². The molecule has 0 radical (unpaired) electrons. The van der Waals surface area contributed by atoms with E-state index in [9.17, 15) is 0 Å². The number of benzene rings is 3. The molecule has 0 spiro atoms. The average molecular weight is 485 g/mol. The number of rotatable bonds is 2. The molecule has 3 aromatic carbocycles. The molecular weight excluding hydrogens is 457 g/mol. The molecule has 3 aromatic rings. The molecule has 0 amide bonds. The zero-order valence-electron chi connectivity index (χ0n) is 17.6. The maximum Gasteiger partial charge on any atom is 0.371 e. The first-order chi connectivity index (χ1) is 12.8. The molecule has 146 valence electrons. The standard InChI is InChI=1S/C25H28NO.HI/c1-16-11-17(2)13-20(12-16)23-21-10-8-7-9-19(21)14-18(3)22(23)24-26(6)25(4,5)15-27-24;/h7-14H,15H2,1-6H3;1H/q+1;/p-1. The lowest BCUT2D eigenvalue weighted by atomic mass is 9.88. The molecule has 1 aliphatic rings. The quantitative estimate of drug-likeness (QED) is 0.402. The Morgan fingerprint density at radius 1 is 0.893 bits per heavy atom. The van der Waals surface area contributed by atoms with Crippen molar-refractivity contribution in [2.45, 2.75) is 40.2 Å². The third kappa shape index (κ3) is 3.45. The summed E-state index contributed by atoms with van der Waals surface area (Å²) in [5.74, 6) is 0.984. The zero-order valence-corrected chi connectivity index (χ0v) is 19.7. The lowest BCUT2D eigenvalue weighted by molar-refractivity contribution is -0.562. The van der Waals surface area contributed by atoms with Gasteiger partial charge in [-0.25, -0.2) is 0 Å². The van der Waals surface area contributed by atoms with Crippen LogP contribution in [0.25, 0.3) is 21.9 Å². The molecule has 0 unspecified atom stereocenters. The van der Waals surface area contributed by atoms with Crippen molar-refractivity contribution in [3.63, 3.8) is 0 Å². The fourth-order valence-corrected chi connectivity index (χ4v) is 4.14. The fraction of sp³-hybridized carbons (Fsp3) is 0.320. The van der Waals surface area contributed by atoms with E-state index in [0.717, 1.165) is 5.90 Å². The molecule has 0 bridgehead atoms. The summed E-state index contributed by atoms with van der Waals surface area (Å²) < 4.78 is 8.55. The summed E-state index contributed by atoms with van der Waals surface area (Å²) in [5, 5.41) is 2.55. The third-order valence-corrected chi connectivity index (χ3v) is 5.75. The smallest absolute Gasteiger partial charge is 0.371 e. The first-order valence-corrected chi connectivity index (χ1v) is 9.63. The number of hydrogen-bond donors (Lipinski definition) is 0. The van der Waals surface area contributed by atoms with Gasteiger partial charge in [0.25, 0.3) is 0 Å². The Morgan fingerprint density at radius 2 is 1.54 bits per heavy atom. The monoisotopic (exact) mass is 485 g/mol. The Balaban J connectivity index is 0.00000225. The molecule has 0 fully saturated rings. The van der Waals surface area contributed by atoms with Crippen molar-refractivity contribution in [3.05, 3.63) is 70.8 Å². The number of halogens is 1. The van der Waals surface area contributed by atoms with Gasteiger partial charge in [0, 0.05) is 19.4 Å². The number of likely N-dealkylation sites (N-methyl/N-ethyl adjacent to an activating group) is 1. The second kappa shape index (κ2) is 7.51. The van der Waals surface area contributed by atoms with Gasteiger partial charge >= 0.3 is 5.90 Å². The third-order valence-electron chi connectivity index (χ3n) is 5.75. The van der Waals surface area contributed by atoms with Gasteiger partial charge in [-0.05, 0) is 42.7 Å². The van der Waals surface area contributed by atoms with Crippen LogP contribution in [0, 0.1) is 20.8 Å². The van der Waals surface area contributed by atoms with Crippen LogP contribution in [0.2, 0.25) is 0 Å². The first-order valence-electron chi connectivity index (χ1n) is 9.63. The largest absolute Gasteiger partial charge is 1.00 e. The van der Waals surface area contributed by atoms with Crippen LogP contribution < -0.4 is 24.0 Å². The zero-order chi connectivity index (χ0) is 19.3. The van der Waals surface area contributed by atoms with Crippen LogP contribution in [0.4, 0.5) is 0 Å². The van der Waals surface area contributed by atoms with E-state index < -0.39 is 0 Å². The molecule has 4 rings (SSSR count). The van der Waals surface area contributed by atoms with E-state index >= 15 is 0 Å². The SMILES string of the molecule is Cc1cc(C)cc(-c2c(C3=[N+](C)C(C)(C)CO3)c(C)cc3ccccc23)c1.[I-]. The van der Waals surface area contributed by atoms with Crippen LogP contribution in [0.15, 0.2) is 48.5 Å². The predicted molar refractivity (Wildman–Crippen MR) is 114 cm³/mol. The maximum atomic E-state index is 6.26. The number of nitrogens with zero attached hydrogens (tertiary/aromatic N) is 1. The van der Waals surface area contributed by atoms with E-state index in [4.69, 9.17) is 4.74 Å². The van der Waals surface area contributed by atoms with E-state index in [0.29, 0.717) is 6.61 Å². The molecule has 28 heavy (non-hydrogen) atoms. The van der Waals surface area contributed by atoms with E-state index in [2.05, 4.69) is 94.8 Å². The van der Waals surface area contributed by atoms with Crippen LogP contribution in [0.5, 0.6) is 0 Å². The summed E-state index contributed by atoms with van der Waals surface area (Å²) in [4.78, 5) is 0. The van der Waals surface area contributed by atoms with Crippen LogP contribution in [-0.4, -0.2) is 29.7 Å². The van der Waals surface area contributed by atoms with Crippen molar-refractivity contribution in [1.29, 1.82) is 0 Å². The minimum absolute atomic E-state index is 0. The Hall–Kier alpha value is -1.88. The van der Waals surface area contributed by atoms with Gasteiger partial charge < -0.3 is 28.7 Å². The van der Waals surface area contributed by atoms with Crippen LogP contribution in [0.1, 0.15) is 36.1 Å². The molecule has 2 nitrogen and oxygen atoms in total. The maximum absolute atomic E-state index is 6.26. The molecule has 0 N–H and O–H groups in total. The molecule has 0 saturated heterocycles. The Morgan fingerprint density at radius 3 is 2.14 bits per heavy atom. The van der Waals surface area contributed by atoms with Crippen LogP contribution in [-0.2, 0) is 4.74 Å². The lowest BCUT2D eigenvalue weighted by Crippen LogP contribution is -3.00. The highest BCUT2D eigenvalue weighted by atomic mass is 127. The normalized spacial score (nSPS) is 15.5. The number of fused-ring (bicyclic) bond motifs is 1. The molecule has 1 aliphatic heterocycles. The highest BCUT2D eigenvalue weighted by Crippen LogP contribution is 2.37. The van der Waals surface area contributed by atoms with Crippen molar-refractivity contribution in [3.8, 4) is 11.1 Å². The average Bonchev–Trinajstić information content (AvgIpc) is 2.86. The van der Waals surface area contributed by atoms with E-state index in [-0.39, 0.29) is 29.5 Å². The number of ether oxygens (including phenoxy) is 1.